The first-order valence-electron chi connectivity index (χ1n) is 9.90. The van der Waals surface area contributed by atoms with Gasteiger partial charge < -0.3 is 10.5 Å². The fourth-order valence-corrected chi connectivity index (χ4v) is 3.95. The fourth-order valence-electron chi connectivity index (χ4n) is 3.69. The van der Waals surface area contributed by atoms with Crippen molar-refractivity contribution in [2.45, 2.75) is 6.23 Å². The summed E-state index contributed by atoms with van der Waals surface area (Å²) in [5.74, 6) is -0.505. The molecule has 160 valence electrons. The van der Waals surface area contributed by atoms with E-state index in [1.165, 1.54) is 12.1 Å². The number of nitrogens with two attached hydrogens (primary N) is 1. The highest BCUT2D eigenvalue weighted by Gasteiger charge is 2.38. The first kappa shape index (κ1) is 20.4. The van der Waals surface area contributed by atoms with E-state index in [0.29, 0.717) is 17.1 Å². The lowest BCUT2D eigenvalue weighted by Gasteiger charge is -2.23. The van der Waals surface area contributed by atoms with Crippen LogP contribution in [0.1, 0.15) is 11.9 Å². The Morgan fingerprint density at radius 2 is 1.62 bits per heavy atom. The zero-order valence-corrected chi connectivity index (χ0v) is 18.4. The number of benzene rings is 3. The second kappa shape index (κ2) is 8.22. The third-order valence-corrected chi connectivity index (χ3v) is 5.79. The molecule has 1 amide bonds. The van der Waals surface area contributed by atoms with Gasteiger partial charge >= 0.3 is 0 Å². The number of amides is 1. The summed E-state index contributed by atoms with van der Waals surface area (Å²) in [5.41, 5.74) is 9.98. The molecule has 0 unspecified atom stereocenters. The van der Waals surface area contributed by atoms with Crippen LogP contribution in [-0.2, 0) is 9.53 Å². The molecule has 5 rings (SSSR count). The van der Waals surface area contributed by atoms with Gasteiger partial charge in [-0.3, -0.25) is 9.69 Å². The van der Waals surface area contributed by atoms with Gasteiger partial charge in [-0.1, -0.05) is 28.1 Å². The summed E-state index contributed by atoms with van der Waals surface area (Å²) in [7, 11) is 0. The van der Waals surface area contributed by atoms with Crippen LogP contribution in [0.2, 0.25) is 0 Å². The fraction of sp³-hybridized carbons (Fsp3) is 0.0833. The number of anilines is 2. The van der Waals surface area contributed by atoms with E-state index >= 15 is 0 Å². The predicted octanol–water partition coefficient (Wildman–Crippen LogP) is 5.09. The van der Waals surface area contributed by atoms with Crippen LogP contribution in [0, 0.1) is 5.82 Å². The van der Waals surface area contributed by atoms with E-state index in [2.05, 4.69) is 15.9 Å². The maximum atomic E-state index is 13.6. The van der Waals surface area contributed by atoms with Crippen LogP contribution in [0.3, 0.4) is 0 Å². The van der Waals surface area contributed by atoms with Gasteiger partial charge in [0, 0.05) is 27.6 Å². The molecule has 1 aliphatic heterocycles. The lowest BCUT2D eigenvalue weighted by Crippen LogP contribution is -2.28. The number of aromatic nitrogens is 2. The molecule has 6 nitrogen and oxygen atoms in total. The Morgan fingerprint density at radius 3 is 2.31 bits per heavy atom. The van der Waals surface area contributed by atoms with Gasteiger partial charge in [0.2, 0.25) is 0 Å². The SMILES string of the molecule is Nc1ccc(N2C(=O)CO[C@@H]2c2nn(-c3ccc(Br)cc3)cc2-c2ccc(F)cc2)cc1. The molecule has 0 saturated carbocycles. The number of hydrogen-bond acceptors (Lipinski definition) is 4. The number of rotatable bonds is 4. The molecule has 0 spiro atoms. The van der Waals surface area contributed by atoms with Crippen molar-refractivity contribution >= 4 is 33.2 Å². The van der Waals surface area contributed by atoms with Gasteiger partial charge in [-0.05, 0) is 66.2 Å². The average molecular weight is 493 g/mol. The van der Waals surface area contributed by atoms with Gasteiger partial charge in [0.05, 0.1) is 5.69 Å². The average Bonchev–Trinajstić information content (AvgIpc) is 3.39. The van der Waals surface area contributed by atoms with Crippen molar-refractivity contribution in [3.63, 3.8) is 0 Å². The molecule has 4 aromatic rings. The first-order chi connectivity index (χ1) is 15.5. The van der Waals surface area contributed by atoms with E-state index in [1.54, 1.807) is 46.0 Å². The van der Waals surface area contributed by atoms with Gasteiger partial charge in [0.25, 0.3) is 5.91 Å². The molecule has 1 fully saturated rings. The van der Waals surface area contributed by atoms with Crippen molar-refractivity contribution in [1.82, 2.24) is 9.78 Å². The predicted molar refractivity (Wildman–Crippen MR) is 124 cm³/mol. The number of nitrogens with zero attached hydrogens (tertiary/aromatic N) is 3. The molecular formula is C24H18BrFN4O2. The summed E-state index contributed by atoms with van der Waals surface area (Å²) in [6.07, 6.45) is 1.13. The van der Waals surface area contributed by atoms with Crippen LogP contribution in [0.4, 0.5) is 15.8 Å². The van der Waals surface area contributed by atoms with E-state index in [-0.39, 0.29) is 18.3 Å². The molecule has 1 aliphatic rings. The van der Waals surface area contributed by atoms with Gasteiger partial charge in [-0.2, -0.15) is 5.10 Å². The Balaban J connectivity index is 1.64. The number of carbonyl (C=O) groups excluding carboxylic acids is 1. The van der Waals surface area contributed by atoms with Crippen molar-refractivity contribution in [3.8, 4) is 16.8 Å². The normalized spacial score (nSPS) is 16.0. The molecule has 8 heteroatoms. The van der Waals surface area contributed by atoms with E-state index in [4.69, 9.17) is 15.6 Å². The zero-order valence-electron chi connectivity index (χ0n) is 16.8. The van der Waals surface area contributed by atoms with Crippen LogP contribution in [-0.4, -0.2) is 22.3 Å². The van der Waals surface area contributed by atoms with E-state index in [0.717, 1.165) is 21.3 Å². The van der Waals surface area contributed by atoms with Crippen LogP contribution in [0.5, 0.6) is 0 Å². The van der Waals surface area contributed by atoms with Crippen LogP contribution in [0.25, 0.3) is 16.8 Å². The van der Waals surface area contributed by atoms with Gasteiger partial charge in [-0.15, -0.1) is 0 Å². The molecule has 0 aliphatic carbocycles. The third-order valence-electron chi connectivity index (χ3n) is 5.26. The maximum Gasteiger partial charge on any atom is 0.255 e. The highest BCUT2D eigenvalue weighted by molar-refractivity contribution is 9.10. The lowest BCUT2D eigenvalue weighted by molar-refractivity contribution is -0.117. The van der Waals surface area contributed by atoms with Gasteiger partial charge in [0.1, 0.15) is 18.1 Å². The molecule has 1 atom stereocenters. The standard InChI is InChI=1S/C24H18BrFN4O2/c25-16-3-9-19(10-4-16)29-13-21(15-1-5-17(26)6-2-15)23(28-29)24-30(22(31)14-32-24)20-11-7-18(27)8-12-20/h1-13,24H,14,27H2/t24-/m1/s1. The quantitative estimate of drug-likeness (QED) is 0.403. The van der Waals surface area contributed by atoms with Crippen LogP contribution < -0.4 is 10.6 Å². The molecule has 0 bridgehead atoms. The molecule has 32 heavy (non-hydrogen) atoms. The minimum Gasteiger partial charge on any atom is -0.399 e. The van der Waals surface area contributed by atoms with Crippen molar-refractivity contribution in [3.05, 3.63) is 95.0 Å². The third kappa shape index (κ3) is 3.79. The largest absolute Gasteiger partial charge is 0.399 e. The number of carbonyl (C=O) groups is 1. The Bertz CT molecular complexity index is 1270. The molecule has 1 aromatic heterocycles. The molecule has 2 heterocycles. The molecule has 3 aromatic carbocycles. The van der Waals surface area contributed by atoms with Crippen molar-refractivity contribution < 1.29 is 13.9 Å². The molecule has 0 radical (unpaired) electrons. The highest BCUT2D eigenvalue weighted by Crippen LogP contribution is 2.38. The summed E-state index contributed by atoms with van der Waals surface area (Å²) in [6.45, 7) is -0.0664. The number of halogens is 2. The summed E-state index contributed by atoms with van der Waals surface area (Å²) in [4.78, 5) is 14.3. The number of hydrogen-bond donors (Lipinski definition) is 1. The van der Waals surface area contributed by atoms with Gasteiger partial charge in [-0.25, -0.2) is 9.07 Å². The first-order valence-corrected chi connectivity index (χ1v) is 10.7. The number of ether oxygens (including phenoxy) is 1. The maximum absolute atomic E-state index is 13.6. The Kier molecular flexibility index (Phi) is 5.24. The highest BCUT2D eigenvalue weighted by atomic mass is 79.9. The Hall–Kier alpha value is -3.49. The smallest absolute Gasteiger partial charge is 0.255 e. The van der Waals surface area contributed by atoms with E-state index < -0.39 is 6.23 Å². The van der Waals surface area contributed by atoms with Crippen LogP contribution in [0.15, 0.2) is 83.5 Å². The molecule has 2 N–H and O–H groups in total. The summed E-state index contributed by atoms with van der Waals surface area (Å²) < 4.78 is 22.1. The van der Waals surface area contributed by atoms with Crippen molar-refractivity contribution in [2.75, 3.05) is 17.2 Å². The zero-order chi connectivity index (χ0) is 22.2. The van der Waals surface area contributed by atoms with Crippen molar-refractivity contribution in [2.24, 2.45) is 0 Å². The molecule has 1 saturated heterocycles. The summed E-state index contributed by atoms with van der Waals surface area (Å²) in [5, 5.41) is 4.78. The van der Waals surface area contributed by atoms with Gasteiger partial charge in [0.15, 0.2) is 6.23 Å². The monoisotopic (exact) mass is 492 g/mol. The summed E-state index contributed by atoms with van der Waals surface area (Å²) >= 11 is 3.44. The lowest BCUT2D eigenvalue weighted by atomic mass is 10.1. The summed E-state index contributed by atoms with van der Waals surface area (Å²) in [6, 6.07) is 20.9. The minimum absolute atomic E-state index is 0.0664. The topological polar surface area (TPSA) is 73.4 Å². The minimum atomic E-state index is -0.733. The second-order valence-corrected chi connectivity index (χ2v) is 8.29. The second-order valence-electron chi connectivity index (χ2n) is 7.37. The molecular weight excluding hydrogens is 475 g/mol. The Morgan fingerprint density at radius 1 is 0.969 bits per heavy atom. The Labute approximate surface area is 192 Å². The van der Waals surface area contributed by atoms with E-state index in [1.807, 2.05) is 30.5 Å². The van der Waals surface area contributed by atoms with Crippen molar-refractivity contribution in [1.29, 1.82) is 0 Å². The number of nitrogen functional groups attached to an aromatic ring is 1. The van der Waals surface area contributed by atoms with E-state index in [9.17, 15) is 9.18 Å². The van der Waals surface area contributed by atoms with Crippen LogP contribution >= 0.6 is 15.9 Å².